The monoisotopic (exact) mass is 825 g/mol. The maximum Gasteiger partial charge on any atom is 0.417 e. The van der Waals surface area contributed by atoms with Crippen LogP contribution in [0.4, 0.5) is 26.3 Å². The lowest BCUT2D eigenvalue weighted by Gasteiger charge is -2.24. The third-order valence-corrected chi connectivity index (χ3v) is 11.9. The number of benzene rings is 8. The summed E-state index contributed by atoms with van der Waals surface area (Å²) in [6.07, 6.45) is -10.3. The van der Waals surface area contributed by atoms with Crippen LogP contribution in [0.2, 0.25) is 0 Å². The van der Waals surface area contributed by atoms with E-state index in [-0.39, 0.29) is 28.6 Å². The second kappa shape index (κ2) is 14.3. The Morgan fingerprint density at radius 1 is 0.435 bits per heavy atom. The van der Waals surface area contributed by atoms with Crippen LogP contribution in [0.1, 0.15) is 27.8 Å². The summed E-state index contributed by atoms with van der Waals surface area (Å²) in [7, 11) is 0. The molecule has 62 heavy (non-hydrogen) atoms. The molecule has 0 aliphatic rings. The summed E-state index contributed by atoms with van der Waals surface area (Å²) in [5.41, 5.74) is 5.36. The number of rotatable bonds is 5. The van der Waals surface area contributed by atoms with Crippen molar-refractivity contribution in [2.24, 2.45) is 0 Å². The fourth-order valence-corrected chi connectivity index (χ4v) is 9.07. The van der Waals surface area contributed by atoms with Crippen molar-refractivity contribution in [1.29, 1.82) is 5.26 Å². The molecular weight excluding hydrogens is 793 g/mol. The fraction of sp³-hybridized carbons (Fsp3) is 0.0755. The molecule has 0 fully saturated rings. The van der Waals surface area contributed by atoms with Gasteiger partial charge in [-0.25, -0.2) is 0 Å². The van der Waals surface area contributed by atoms with Gasteiger partial charge in [0.05, 0.1) is 56.2 Å². The summed E-state index contributed by atoms with van der Waals surface area (Å²) in [4.78, 5) is 0. The minimum atomic E-state index is -5.21. The number of para-hydroxylation sites is 2. The molecule has 0 aliphatic carbocycles. The molecule has 10 rings (SSSR count). The third kappa shape index (κ3) is 6.21. The van der Waals surface area contributed by atoms with Crippen molar-refractivity contribution in [1.82, 2.24) is 9.13 Å². The zero-order valence-electron chi connectivity index (χ0n) is 33.2. The second-order valence-corrected chi connectivity index (χ2v) is 15.6. The van der Waals surface area contributed by atoms with Crippen LogP contribution in [0.3, 0.4) is 0 Å². The van der Waals surface area contributed by atoms with Crippen molar-refractivity contribution in [2.75, 3.05) is 0 Å². The van der Waals surface area contributed by atoms with Crippen LogP contribution in [0.25, 0.3) is 88.4 Å². The van der Waals surface area contributed by atoms with Gasteiger partial charge in [0.15, 0.2) is 0 Å². The molecule has 8 aromatic carbocycles. The van der Waals surface area contributed by atoms with Crippen molar-refractivity contribution in [3.8, 4) is 50.8 Å². The van der Waals surface area contributed by atoms with E-state index in [2.05, 4.69) is 6.07 Å². The van der Waals surface area contributed by atoms with E-state index < -0.39 is 29.0 Å². The number of hydrogen-bond acceptors (Lipinski definition) is 1. The van der Waals surface area contributed by atoms with E-state index in [9.17, 15) is 18.4 Å². The van der Waals surface area contributed by atoms with E-state index in [1.54, 1.807) is 0 Å². The fourth-order valence-electron chi connectivity index (χ4n) is 9.07. The number of fused-ring (bicyclic) bond motifs is 6. The highest BCUT2D eigenvalue weighted by Crippen LogP contribution is 2.48. The van der Waals surface area contributed by atoms with Crippen molar-refractivity contribution in [3.63, 3.8) is 0 Å². The van der Waals surface area contributed by atoms with Crippen LogP contribution in [0, 0.1) is 25.2 Å². The molecule has 0 aliphatic heterocycles. The number of nitriles is 1. The molecule has 0 spiro atoms. The predicted molar refractivity (Wildman–Crippen MR) is 236 cm³/mol. The molecule has 0 atom stereocenters. The first-order valence-electron chi connectivity index (χ1n) is 19.9. The molecule has 2 aromatic heterocycles. The Morgan fingerprint density at radius 3 is 1.34 bits per heavy atom. The lowest BCUT2D eigenvalue weighted by Crippen LogP contribution is -2.14. The Morgan fingerprint density at radius 2 is 0.887 bits per heavy atom. The van der Waals surface area contributed by atoms with E-state index in [1.807, 2.05) is 156 Å². The molecule has 0 bridgehead atoms. The van der Waals surface area contributed by atoms with E-state index in [4.69, 9.17) is 0 Å². The van der Waals surface area contributed by atoms with Crippen LogP contribution in [0.5, 0.6) is 0 Å². The summed E-state index contributed by atoms with van der Waals surface area (Å²) < 4.78 is 93.2. The minimum absolute atomic E-state index is 0.00190. The molecule has 302 valence electrons. The number of hydrogen-bond donors (Lipinski definition) is 0. The molecule has 0 N–H and O–H groups in total. The van der Waals surface area contributed by atoms with Crippen LogP contribution in [0.15, 0.2) is 164 Å². The normalized spacial score (nSPS) is 12.2. The van der Waals surface area contributed by atoms with Crippen molar-refractivity contribution < 1.29 is 26.3 Å². The summed E-state index contributed by atoms with van der Waals surface area (Å²) >= 11 is 0. The Bertz CT molecular complexity index is 3300. The van der Waals surface area contributed by atoms with Crippen molar-refractivity contribution in [3.05, 3.63) is 192 Å². The Kier molecular flexibility index (Phi) is 8.89. The average Bonchev–Trinajstić information content (AvgIpc) is 3.77. The second-order valence-electron chi connectivity index (χ2n) is 15.6. The molecule has 0 amide bonds. The van der Waals surface area contributed by atoms with Gasteiger partial charge in [-0.1, -0.05) is 115 Å². The van der Waals surface area contributed by atoms with E-state index >= 15 is 13.2 Å². The van der Waals surface area contributed by atoms with Gasteiger partial charge in [0, 0.05) is 27.1 Å². The average molecular weight is 826 g/mol. The minimum Gasteiger partial charge on any atom is -0.308 e. The van der Waals surface area contributed by atoms with Crippen LogP contribution < -0.4 is 0 Å². The van der Waals surface area contributed by atoms with Crippen LogP contribution in [-0.4, -0.2) is 9.13 Å². The molecule has 0 saturated heterocycles. The largest absolute Gasteiger partial charge is 0.417 e. The standard InChI is InChI=1S/C53H33F6N3/c1-31-11-3-5-13-37(31)34-19-22-41-39-15-7-9-17-45(39)61(47(41)27-34)49-25-33(30-60)26-50(51(49)43-24-21-36(52(54,55)56)29-44(43)53(57,58)59)62-46-18-10-8-16-40(46)42-23-20-35(28-48(42)62)38-14-6-4-12-32(38)2/h3-29H,1-2H3. The van der Waals surface area contributed by atoms with Crippen LogP contribution in [-0.2, 0) is 12.4 Å². The SMILES string of the molecule is Cc1ccccc1-c1ccc2c3ccccc3n(-c3cc(C#N)cc(-n4c5ccccc5c5ccc(-c6ccccc6C)cc54)c3-c3ccc(C(F)(F)F)cc3C(F)(F)F)c2c1. The smallest absolute Gasteiger partial charge is 0.308 e. The number of aryl methyl sites for hydroxylation is 2. The Hall–Kier alpha value is -7.57. The summed E-state index contributed by atoms with van der Waals surface area (Å²) in [5.74, 6) is 0. The van der Waals surface area contributed by atoms with Gasteiger partial charge in [0.2, 0.25) is 0 Å². The third-order valence-electron chi connectivity index (χ3n) is 11.9. The molecule has 9 heteroatoms. The molecule has 0 radical (unpaired) electrons. The number of halogens is 6. The molecule has 0 saturated carbocycles. The lowest BCUT2D eigenvalue weighted by molar-refractivity contribution is -0.142. The number of alkyl halides is 6. The van der Waals surface area contributed by atoms with Gasteiger partial charge in [0.1, 0.15) is 0 Å². The highest BCUT2D eigenvalue weighted by molar-refractivity contribution is 6.13. The summed E-state index contributed by atoms with van der Waals surface area (Å²) in [6, 6.07) is 49.8. The van der Waals surface area contributed by atoms with Gasteiger partial charge in [-0.2, -0.15) is 31.6 Å². The predicted octanol–water partition coefficient (Wildman–Crippen LogP) is 15.4. The highest BCUT2D eigenvalue weighted by atomic mass is 19.4. The zero-order chi connectivity index (χ0) is 43.1. The van der Waals surface area contributed by atoms with E-state index in [1.165, 1.54) is 12.1 Å². The van der Waals surface area contributed by atoms with E-state index in [0.29, 0.717) is 28.1 Å². The van der Waals surface area contributed by atoms with Gasteiger partial charge >= 0.3 is 12.4 Å². The van der Waals surface area contributed by atoms with Gasteiger partial charge < -0.3 is 9.13 Å². The topological polar surface area (TPSA) is 33.6 Å². The first-order chi connectivity index (χ1) is 29.8. The van der Waals surface area contributed by atoms with Gasteiger partial charge in [0.25, 0.3) is 0 Å². The molecule has 2 heterocycles. The number of nitrogens with zero attached hydrogens (tertiary/aromatic N) is 3. The quantitative estimate of drug-likeness (QED) is 0.159. The van der Waals surface area contributed by atoms with Crippen LogP contribution >= 0.6 is 0 Å². The van der Waals surface area contributed by atoms with Crippen molar-refractivity contribution >= 4 is 43.6 Å². The molecular formula is C53H33F6N3. The van der Waals surface area contributed by atoms with Crippen molar-refractivity contribution in [2.45, 2.75) is 26.2 Å². The maximum atomic E-state index is 15.5. The number of aromatic nitrogens is 2. The Balaban J connectivity index is 1.41. The lowest BCUT2D eigenvalue weighted by atomic mass is 9.92. The molecule has 10 aromatic rings. The van der Waals surface area contributed by atoms with Gasteiger partial charge in [-0.05, 0) is 101 Å². The van der Waals surface area contributed by atoms with Gasteiger partial charge in [-0.15, -0.1) is 0 Å². The summed E-state index contributed by atoms with van der Waals surface area (Å²) in [6.45, 7) is 3.99. The molecule has 0 unspecified atom stereocenters. The highest BCUT2D eigenvalue weighted by Gasteiger charge is 2.40. The zero-order valence-corrected chi connectivity index (χ0v) is 33.2. The summed E-state index contributed by atoms with van der Waals surface area (Å²) in [5, 5.41) is 14.0. The van der Waals surface area contributed by atoms with E-state index in [0.717, 1.165) is 61.0 Å². The molecule has 3 nitrogen and oxygen atoms in total. The first kappa shape index (κ1) is 38.6. The maximum absolute atomic E-state index is 15.5. The van der Waals surface area contributed by atoms with Gasteiger partial charge in [-0.3, -0.25) is 0 Å². The Labute approximate surface area is 351 Å². The first-order valence-corrected chi connectivity index (χ1v) is 19.9.